The predicted octanol–water partition coefficient (Wildman–Crippen LogP) is 3.19. The van der Waals surface area contributed by atoms with Crippen LogP contribution < -0.4 is 16.2 Å². The summed E-state index contributed by atoms with van der Waals surface area (Å²) in [4.78, 5) is 12.3. The van der Waals surface area contributed by atoms with Gasteiger partial charge in [0.05, 0.1) is 0 Å². The Morgan fingerprint density at radius 2 is 1.84 bits per heavy atom. The molecule has 7 heteroatoms. The summed E-state index contributed by atoms with van der Waals surface area (Å²) in [7, 11) is 0. The van der Waals surface area contributed by atoms with E-state index in [2.05, 4.69) is 16.2 Å². The number of hydrogen-bond donors (Lipinski definition) is 3. The molecule has 1 amide bonds. The zero-order valence-electron chi connectivity index (χ0n) is 13.4. The van der Waals surface area contributed by atoms with Crippen molar-refractivity contribution in [3.63, 3.8) is 0 Å². The van der Waals surface area contributed by atoms with Crippen LogP contribution in [-0.2, 0) is 6.54 Å². The fraction of sp³-hybridized carbons (Fsp3) is 0.111. The van der Waals surface area contributed by atoms with Crippen LogP contribution in [-0.4, -0.2) is 11.0 Å². The van der Waals surface area contributed by atoms with Crippen molar-refractivity contribution >= 4 is 34.2 Å². The van der Waals surface area contributed by atoms with Crippen LogP contribution in [0.1, 0.15) is 21.7 Å². The van der Waals surface area contributed by atoms with E-state index in [4.69, 9.17) is 16.6 Å². The molecular formula is C18H16FN3O2S. The zero-order chi connectivity index (χ0) is 17.8. The summed E-state index contributed by atoms with van der Waals surface area (Å²) >= 11 is 5.10. The topological polar surface area (TPSA) is 66.3 Å². The van der Waals surface area contributed by atoms with Crippen LogP contribution in [0.5, 0.6) is 0 Å². The fourth-order valence-corrected chi connectivity index (χ4v) is 2.51. The van der Waals surface area contributed by atoms with Gasteiger partial charge in [0.2, 0.25) is 0 Å². The van der Waals surface area contributed by atoms with Crippen molar-refractivity contribution in [3.8, 4) is 0 Å². The molecule has 0 fully saturated rings. The van der Waals surface area contributed by atoms with Crippen LogP contribution in [0.3, 0.4) is 0 Å². The lowest BCUT2D eigenvalue weighted by atomic mass is 10.1. The number of hydrogen-bond acceptors (Lipinski definition) is 3. The first-order valence-corrected chi connectivity index (χ1v) is 8.02. The van der Waals surface area contributed by atoms with Gasteiger partial charge in [-0.15, -0.1) is 0 Å². The second-order valence-corrected chi connectivity index (χ2v) is 5.85. The second-order valence-electron chi connectivity index (χ2n) is 5.44. The molecule has 0 spiro atoms. The highest BCUT2D eigenvalue weighted by Gasteiger charge is 2.17. The van der Waals surface area contributed by atoms with Crippen molar-refractivity contribution in [2.75, 3.05) is 0 Å². The second kappa shape index (κ2) is 7.31. The number of carbonyl (C=O) groups excluding carboxylic acids is 1. The molecule has 2 aromatic carbocycles. The Morgan fingerprint density at radius 3 is 2.56 bits per heavy atom. The lowest BCUT2D eigenvalue weighted by Crippen LogP contribution is -2.46. The van der Waals surface area contributed by atoms with Crippen molar-refractivity contribution in [2.45, 2.75) is 13.5 Å². The minimum absolute atomic E-state index is 0.232. The van der Waals surface area contributed by atoms with E-state index < -0.39 is 5.91 Å². The van der Waals surface area contributed by atoms with Gasteiger partial charge in [0.1, 0.15) is 11.4 Å². The van der Waals surface area contributed by atoms with E-state index in [0.717, 1.165) is 16.5 Å². The normalized spacial score (nSPS) is 10.5. The van der Waals surface area contributed by atoms with E-state index in [0.29, 0.717) is 12.1 Å². The molecule has 1 heterocycles. The largest absolute Gasteiger partial charge is 0.451 e. The highest BCUT2D eigenvalue weighted by molar-refractivity contribution is 7.80. The SMILES string of the molecule is Cc1c(C(=O)NNC(=S)NCc2ccc(F)cc2)oc2ccccc12. The molecule has 0 radical (unpaired) electrons. The minimum atomic E-state index is -0.417. The number of carbonyl (C=O) groups is 1. The predicted molar refractivity (Wildman–Crippen MR) is 97.4 cm³/mol. The molecule has 25 heavy (non-hydrogen) atoms. The molecule has 0 aliphatic rings. The summed E-state index contributed by atoms with van der Waals surface area (Å²) in [5.74, 6) is -0.479. The maximum Gasteiger partial charge on any atom is 0.305 e. The molecule has 0 aliphatic heterocycles. The van der Waals surface area contributed by atoms with Gasteiger partial charge >= 0.3 is 5.91 Å². The van der Waals surface area contributed by atoms with Gasteiger partial charge in [-0.1, -0.05) is 30.3 Å². The standard InChI is InChI=1S/C18H16FN3O2S/c1-11-14-4-2-3-5-15(14)24-16(11)17(23)21-22-18(25)20-10-12-6-8-13(19)9-7-12/h2-9H,10H2,1H3,(H,21,23)(H2,20,22,25). The van der Waals surface area contributed by atoms with Crippen molar-refractivity contribution < 1.29 is 13.6 Å². The van der Waals surface area contributed by atoms with Crippen LogP contribution in [0.25, 0.3) is 11.0 Å². The Hall–Kier alpha value is -2.93. The first-order chi connectivity index (χ1) is 12.0. The van der Waals surface area contributed by atoms with Crippen molar-refractivity contribution in [3.05, 3.63) is 71.2 Å². The van der Waals surface area contributed by atoms with Crippen molar-refractivity contribution in [1.82, 2.24) is 16.2 Å². The number of aryl methyl sites for hydroxylation is 1. The first-order valence-electron chi connectivity index (χ1n) is 7.61. The zero-order valence-corrected chi connectivity index (χ0v) is 14.2. The number of furan rings is 1. The van der Waals surface area contributed by atoms with Gasteiger partial charge in [-0.2, -0.15) is 0 Å². The van der Waals surface area contributed by atoms with Gasteiger partial charge in [-0.3, -0.25) is 15.6 Å². The van der Waals surface area contributed by atoms with Crippen LogP contribution in [0.2, 0.25) is 0 Å². The summed E-state index contributed by atoms with van der Waals surface area (Å²) < 4.78 is 18.4. The molecule has 3 rings (SSSR count). The number of benzene rings is 2. The summed E-state index contributed by atoms with van der Waals surface area (Å²) in [5, 5.41) is 4.05. The van der Waals surface area contributed by atoms with E-state index in [1.54, 1.807) is 18.2 Å². The van der Waals surface area contributed by atoms with Gasteiger partial charge in [0, 0.05) is 17.5 Å². The smallest absolute Gasteiger partial charge is 0.305 e. The average Bonchev–Trinajstić information content (AvgIpc) is 2.96. The van der Waals surface area contributed by atoms with Crippen LogP contribution >= 0.6 is 12.2 Å². The molecular weight excluding hydrogens is 341 g/mol. The summed E-state index contributed by atoms with van der Waals surface area (Å²) in [6.45, 7) is 2.23. The molecule has 1 aromatic heterocycles. The quantitative estimate of drug-likeness (QED) is 0.496. The maximum absolute atomic E-state index is 12.9. The first kappa shape index (κ1) is 16.9. The van der Waals surface area contributed by atoms with E-state index in [9.17, 15) is 9.18 Å². The van der Waals surface area contributed by atoms with Gasteiger partial charge < -0.3 is 9.73 Å². The van der Waals surface area contributed by atoms with Gasteiger partial charge in [-0.25, -0.2) is 4.39 Å². The third-order valence-electron chi connectivity index (χ3n) is 3.71. The maximum atomic E-state index is 12.9. The number of fused-ring (bicyclic) bond motifs is 1. The monoisotopic (exact) mass is 357 g/mol. The number of thiocarbonyl (C=S) groups is 1. The van der Waals surface area contributed by atoms with Crippen LogP contribution in [0, 0.1) is 12.7 Å². The molecule has 3 N–H and O–H groups in total. The summed E-state index contributed by atoms with van der Waals surface area (Å²) in [6.07, 6.45) is 0. The number of amides is 1. The minimum Gasteiger partial charge on any atom is -0.451 e. The Morgan fingerprint density at radius 1 is 1.12 bits per heavy atom. The Balaban J connectivity index is 1.55. The average molecular weight is 357 g/mol. The molecule has 5 nitrogen and oxygen atoms in total. The molecule has 0 atom stereocenters. The Kier molecular flexibility index (Phi) is 4.95. The highest BCUT2D eigenvalue weighted by Crippen LogP contribution is 2.24. The van der Waals surface area contributed by atoms with E-state index >= 15 is 0 Å². The van der Waals surface area contributed by atoms with E-state index in [-0.39, 0.29) is 16.7 Å². The number of halogens is 1. The van der Waals surface area contributed by atoms with E-state index in [1.165, 1.54) is 12.1 Å². The Labute approximate surface area is 149 Å². The number of nitrogens with one attached hydrogen (secondary N) is 3. The molecule has 0 bridgehead atoms. The molecule has 3 aromatic rings. The molecule has 0 unspecified atom stereocenters. The van der Waals surface area contributed by atoms with Crippen LogP contribution in [0.15, 0.2) is 52.9 Å². The Bertz CT molecular complexity index is 922. The third-order valence-corrected chi connectivity index (χ3v) is 3.95. The lowest BCUT2D eigenvalue weighted by Gasteiger charge is -2.11. The van der Waals surface area contributed by atoms with Crippen molar-refractivity contribution in [2.24, 2.45) is 0 Å². The lowest BCUT2D eigenvalue weighted by molar-refractivity contribution is 0.0917. The molecule has 0 aliphatic carbocycles. The fourth-order valence-electron chi connectivity index (χ4n) is 2.39. The van der Waals surface area contributed by atoms with Crippen molar-refractivity contribution in [1.29, 1.82) is 0 Å². The highest BCUT2D eigenvalue weighted by atomic mass is 32.1. The molecule has 128 valence electrons. The third kappa shape index (κ3) is 3.95. The molecule has 0 saturated carbocycles. The summed E-state index contributed by atoms with van der Waals surface area (Å²) in [6, 6.07) is 13.5. The van der Waals surface area contributed by atoms with Crippen LogP contribution in [0.4, 0.5) is 4.39 Å². The number of para-hydroxylation sites is 1. The van der Waals surface area contributed by atoms with Gasteiger partial charge in [-0.05, 0) is 42.9 Å². The summed E-state index contributed by atoms with van der Waals surface area (Å²) in [5.41, 5.74) is 7.40. The number of rotatable bonds is 3. The molecule has 0 saturated heterocycles. The van der Waals surface area contributed by atoms with Gasteiger partial charge in [0.15, 0.2) is 10.9 Å². The van der Waals surface area contributed by atoms with Gasteiger partial charge in [0.25, 0.3) is 0 Å². The number of hydrazine groups is 1. The van der Waals surface area contributed by atoms with E-state index in [1.807, 2.05) is 25.1 Å².